The Hall–Kier alpha value is -1.79. The van der Waals surface area contributed by atoms with E-state index in [1.54, 1.807) is 24.3 Å². The number of carbonyl (C=O) groups is 1. The number of phenols is 1. The molecule has 21 heavy (non-hydrogen) atoms. The summed E-state index contributed by atoms with van der Waals surface area (Å²) in [5, 5.41) is 9.62. The molecule has 1 saturated heterocycles. The highest BCUT2D eigenvalue weighted by atomic mass is 16.7. The normalized spacial score (nSPS) is 20.1. The molecule has 0 aliphatic carbocycles. The zero-order valence-corrected chi connectivity index (χ0v) is 12.7. The Morgan fingerprint density at radius 3 is 2.33 bits per heavy atom. The number of nitrogens with two attached hydrogens (primary N) is 1. The van der Waals surface area contributed by atoms with Gasteiger partial charge < -0.3 is 20.1 Å². The van der Waals surface area contributed by atoms with Gasteiger partial charge in [0.05, 0.1) is 11.2 Å². The number of phenolic OH excluding ortho intramolecular Hbond substituents is 1. The molecule has 1 aromatic rings. The SMILES string of the molecule is CC1(C)OB(c2ccc(O)cc2/C=C/C(N)=O)OC1(C)C. The van der Waals surface area contributed by atoms with E-state index in [1.807, 2.05) is 27.7 Å². The Kier molecular flexibility index (Phi) is 3.86. The zero-order chi connectivity index (χ0) is 15.8. The van der Waals surface area contributed by atoms with Crippen LogP contribution >= 0.6 is 0 Å². The topological polar surface area (TPSA) is 81.8 Å². The summed E-state index contributed by atoms with van der Waals surface area (Å²) in [6.07, 6.45) is 2.78. The van der Waals surface area contributed by atoms with Crippen molar-refractivity contribution in [1.29, 1.82) is 0 Å². The third kappa shape index (κ3) is 3.11. The number of benzene rings is 1. The minimum Gasteiger partial charge on any atom is -0.508 e. The van der Waals surface area contributed by atoms with E-state index in [0.29, 0.717) is 5.56 Å². The Labute approximate surface area is 124 Å². The van der Waals surface area contributed by atoms with Crippen LogP contribution in [-0.2, 0) is 14.1 Å². The second-order valence-electron chi connectivity index (χ2n) is 6.14. The number of primary amides is 1. The molecule has 0 unspecified atom stereocenters. The van der Waals surface area contributed by atoms with Crippen molar-refractivity contribution < 1.29 is 19.2 Å². The van der Waals surface area contributed by atoms with Crippen LogP contribution in [-0.4, -0.2) is 29.3 Å². The number of hydrogen-bond donors (Lipinski definition) is 2. The highest BCUT2D eigenvalue weighted by Gasteiger charge is 2.52. The van der Waals surface area contributed by atoms with Crippen LogP contribution < -0.4 is 11.2 Å². The highest BCUT2D eigenvalue weighted by molar-refractivity contribution is 6.63. The minimum atomic E-state index is -0.567. The van der Waals surface area contributed by atoms with Gasteiger partial charge in [0.25, 0.3) is 0 Å². The first-order chi connectivity index (χ1) is 9.62. The van der Waals surface area contributed by atoms with Gasteiger partial charge in [-0.3, -0.25) is 4.79 Å². The average molecular weight is 289 g/mol. The average Bonchev–Trinajstić information content (AvgIpc) is 2.55. The van der Waals surface area contributed by atoms with Gasteiger partial charge in [-0.25, -0.2) is 0 Å². The molecule has 0 saturated carbocycles. The summed E-state index contributed by atoms with van der Waals surface area (Å²) >= 11 is 0. The fraction of sp³-hybridized carbons (Fsp3) is 0.400. The lowest BCUT2D eigenvalue weighted by Crippen LogP contribution is -2.41. The zero-order valence-electron chi connectivity index (χ0n) is 12.7. The summed E-state index contributed by atoms with van der Waals surface area (Å²) in [6, 6.07) is 4.82. The molecule has 0 bridgehead atoms. The predicted molar refractivity (Wildman–Crippen MR) is 82.1 cm³/mol. The van der Waals surface area contributed by atoms with E-state index < -0.39 is 24.2 Å². The molecule has 0 atom stereocenters. The Morgan fingerprint density at radius 2 is 1.81 bits per heavy atom. The third-order valence-corrected chi connectivity index (χ3v) is 4.00. The first-order valence-corrected chi connectivity index (χ1v) is 6.78. The van der Waals surface area contributed by atoms with Gasteiger partial charge in [-0.2, -0.15) is 0 Å². The molecule has 2 rings (SSSR count). The van der Waals surface area contributed by atoms with Gasteiger partial charge in [-0.05, 0) is 56.9 Å². The molecule has 0 spiro atoms. The standard InChI is InChI=1S/C15H20BNO4/c1-14(2)15(3,4)21-16(20-14)12-7-6-11(18)9-10(12)5-8-13(17)19/h5-9,18H,1-4H3,(H2,17,19)/b8-5+. The van der Waals surface area contributed by atoms with E-state index >= 15 is 0 Å². The molecule has 1 fully saturated rings. The lowest BCUT2D eigenvalue weighted by atomic mass is 9.75. The van der Waals surface area contributed by atoms with Crippen molar-refractivity contribution in [3.05, 3.63) is 29.8 Å². The molecule has 1 aliphatic heterocycles. The van der Waals surface area contributed by atoms with E-state index in [0.717, 1.165) is 5.46 Å². The van der Waals surface area contributed by atoms with E-state index in [-0.39, 0.29) is 5.75 Å². The van der Waals surface area contributed by atoms with Crippen molar-refractivity contribution in [2.75, 3.05) is 0 Å². The first-order valence-electron chi connectivity index (χ1n) is 6.78. The first kappa shape index (κ1) is 15.6. The predicted octanol–water partition coefficient (Wildman–Crippen LogP) is 1.19. The number of rotatable bonds is 3. The lowest BCUT2D eigenvalue weighted by Gasteiger charge is -2.32. The molecule has 0 aromatic heterocycles. The maximum atomic E-state index is 10.9. The molecule has 1 aliphatic rings. The fourth-order valence-corrected chi connectivity index (χ4v) is 2.06. The van der Waals surface area contributed by atoms with Crippen molar-refractivity contribution in [2.24, 2.45) is 5.73 Å². The Bertz CT molecular complexity index is 579. The van der Waals surface area contributed by atoms with E-state index in [1.165, 1.54) is 6.08 Å². The van der Waals surface area contributed by atoms with Crippen LogP contribution in [0, 0.1) is 0 Å². The number of aromatic hydroxyl groups is 1. The number of carbonyl (C=O) groups excluding carboxylic acids is 1. The number of hydrogen-bond acceptors (Lipinski definition) is 4. The van der Waals surface area contributed by atoms with Crippen molar-refractivity contribution in [1.82, 2.24) is 0 Å². The van der Waals surface area contributed by atoms with Gasteiger partial charge in [-0.15, -0.1) is 0 Å². The summed E-state index contributed by atoms with van der Waals surface area (Å²) < 4.78 is 12.0. The maximum Gasteiger partial charge on any atom is 0.495 e. The van der Waals surface area contributed by atoms with Crippen molar-refractivity contribution >= 4 is 24.6 Å². The summed E-state index contributed by atoms with van der Waals surface area (Å²) in [5.41, 5.74) is 5.57. The van der Waals surface area contributed by atoms with E-state index in [2.05, 4.69) is 0 Å². The molecule has 6 heteroatoms. The van der Waals surface area contributed by atoms with Crippen LogP contribution in [0.25, 0.3) is 6.08 Å². The van der Waals surface area contributed by atoms with E-state index in [9.17, 15) is 9.90 Å². The molecule has 3 N–H and O–H groups in total. The van der Waals surface area contributed by atoms with Crippen molar-refractivity contribution in [3.63, 3.8) is 0 Å². The Morgan fingerprint density at radius 1 is 1.24 bits per heavy atom. The molecule has 1 heterocycles. The molecule has 0 radical (unpaired) electrons. The largest absolute Gasteiger partial charge is 0.508 e. The van der Waals surface area contributed by atoms with E-state index in [4.69, 9.17) is 15.0 Å². The van der Waals surface area contributed by atoms with Crippen molar-refractivity contribution in [2.45, 2.75) is 38.9 Å². The van der Waals surface area contributed by atoms with Crippen LogP contribution in [0.15, 0.2) is 24.3 Å². The van der Waals surface area contributed by atoms with Gasteiger partial charge in [0, 0.05) is 6.08 Å². The molecule has 5 nitrogen and oxygen atoms in total. The fourth-order valence-electron chi connectivity index (χ4n) is 2.06. The van der Waals surface area contributed by atoms with Crippen LogP contribution in [0.2, 0.25) is 0 Å². The second kappa shape index (κ2) is 5.20. The molecular weight excluding hydrogens is 269 g/mol. The van der Waals surface area contributed by atoms with Crippen LogP contribution in [0.5, 0.6) is 5.75 Å². The second-order valence-corrected chi connectivity index (χ2v) is 6.14. The third-order valence-electron chi connectivity index (χ3n) is 4.00. The quantitative estimate of drug-likeness (QED) is 0.647. The van der Waals surface area contributed by atoms with Crippen LogP contribution in [0.1, 0.15) is 33.3 Å². The summed E-state index contributed by atoms with van der Waals surface area (Å²) in [4.78, 5) is 10.9. The Balaban J connectivity index is 2.39. The summed E-state index contributed by atoms with van der Waals surface area (Å²) in [6.45, 7) is 7.86. The molecule has 112 valence electrons. The monoisotopic (exact) mass is 289 g/mol. The lowest BCUT2D eigenvalue weighted by molar-refractivity contribution is -0.113. The molecular formula is C15H20BNO4. The van der Waals surface area contributed by atoms with Crippen LogP contribution in [0.3, 0.4) is 0 Å². The molecule has 1 amide bonds. The van der Waals surface area contributed by atoms with Crippen LogP contribution in [0.4, 0.5) is 0 Å². The number of amides is 1. The smallest absolute Gasteiger partial charge is 0.495 e. The van der Waals surface area contributed by atoms with Gasteiger partial charge in [0.2, 0.25) is 5.91 Å². The minimum absolute atomic E-state index is 0.0967. The van der Waals surface area contributed by atoms with Gasteiger partial charge in [0.15, 0.2) is 0 Å². The molecule has 1 aromatic carbocycles. The summed E-state index contributed by atoms with van der Waals surface area (Å²) in [5.74, 6) is -0.461. The maximum absolute atomic E-state index is 10.9. The van der Waals surface area contributed by atoms with Gasteiger partial charge in [-0.1, -0.05) is 6.07 Å². The van der Waals surface area contributed by atoms with Gasteiger partial charge >= 0.3 is 7.12 Å². The summed E-state index contributed by atoms with van der Waals surface area (Å²) in [7, 11) is -0.567. The van der Waals surface area contributed by atoms with Gasteiger partial charge in [0.1, 0.15) is 5.75 Å². The highest BCUT2D eigenvalue weighted by Crippen LogP contribution is 2.36. The van der Waals surface area contributed by atoms with Crippen molar-refractivity contribution in [3.8, 4) is 5.75 Å².